The lowest BCUT2D eigenvalue weighted by Crippen LogP contribution is -2.09. The molecule has 0 unspecified atom stereocenters. The molecule has 2 nitrogen and oxygen atoms in total. The molecule has 3 heteroatoms. The molecule has 0 aromatic rings. The predicted molar refractivity (Wildman–Crippen MR) is 57.1 cm³/mol. The molecule has 76 valence electrons. The van der Waals surface area contributed by atoms with Crippen molar-refractivity contribution in [3.05, 3.63) is 35.8 Å². The standard InChI is InChI=1S/C11H15FN2/c12-11(8-13)9-14-7-6-10-4-2-1-3-5-10/h1-2,4,8-9,13-14H,3,5-7H2/b11-9-,13-8?. The average Bonchev–Trinajstić information content (AvgIpc) is 2.25. The van der Waals surface area contributed by atoms with Crippen LogP contribution in [0.5, 0.6) is 0 Å². The van der Waals surface area contributed by atoms with E-state index >= 15 is 0 Å². The molecule has 1 rings (SSSR count). The van der Waals surface area contributed by atoms with Crippen LogP contribution in [-0.4, -0.2) is 12.8 Å². The highest BCUT2D eigenvalue weighted by atomic mass is 19.1. The summed E-state index contributed by atoms with van der Waals surface area (Å²) < 4.78 is 12.4. The minimum Gasteiger partial charge on any atom is -0.388 e. The normalized spacial score (nSPS) is 16.4. The van der Waals surface area contributed by atoms with Crippen LogP contribution in [-0.2, 0) is 0 Å². The zero-order valence-electron chi connectivity index (χ0n) is 8.09. The van der Waals surface area contributed by atoms with E-state index in [0.717, 1.165) is 25.8 Å². The Hall–Kier alpha value is -1.38. The second-order valence-electron chi connectivity index (χ2n) is 3.17. The van der Waals surface area contributed by atoms with Crippen LogP contribution in [0.4, 0.5) is 4.39 Å². The average molecular weight is 194 g/mol. The van der Waals surface area contributed by atoms with Crippen LogP contribution >= 0.6 is 0 Å². The van der Waals surface area contributed by atoms with Gasteiger partial charge in [0.25, 0.3) is 0 Å². The van der Waals surface area contributed by atoms with Crippen LogP contribution in [0.3, 0.4) is 0 Å². The Kier molecular flexibility index (Phi) is 4.69. The molecule has 0 atom stereocenters. The Morgan fingerprint density at radius 1 is 1.64 bits per heavy atom. The minimum atomic E-state index is -0.539. The van der Waals surface area contributed by atoms with Gasteiger partial charge in [0.15, 0.2) is 5.83 Å². The molecule has 14 heavy (non-hydrogen) atoms. The third-order valence-corrected chi connectivity index (χ3v) is 2.07. The van der Waals surface area contributed by atoms with Crippen molar-refractivity contribution in [2.75, 3.05) is 6.54 Å². The Bertz CT molecular complexity index is 277. The number of hydrogen-bond donors (Lipinski definition) is 2. The Morgan fingerprint density at radius 2 is 2.50 bits per heavy atom. The first-order chi connectivity index (χ1) is 6.83. The number of halogens is 1. The minimum absolute atomic E-state index is 0.539. The van der Waals surface area contributed by atoms with E-state index in [9.17, 15) is 4.39 Å². The van der Waals surface area contributed by atoms with Gasteiger partial charge in [-0.1, -0.05) is 23.8 Å². The molecule has 0 bridgehead atoms. The molecule has 2 N–H and O–H groups in total. The maximum absolute atomic E-state index is 12.4. The predicted octanol–water partition coefficient (Wildman–Crippen LogP) is 2.70. The summed E-state index contributed by atoms with van der Waals surface area (Å²) in [5.41, 5.74) is 1.39. The summed E-state index contributed by atoms with van der Waals surface area (Å²) >= 11 is 0. The van der Waals surface area contributed by atoms with Gasteiger partial charge in [0, 0.05) is 12.7 Å². The van der Waals surface area contributed by atoms with E-state index in [0.29, 0.717) is 6.21 Å². The third-order valence-electron chi connectivity index (χ3n) is 2.07. The van der Waals surface area contributed by atoms with E-state index < -0.39 is 5.83 Å². The van der Waals surface area contributed by atoms with Gasteiger partial charge < -0.3 is 10.7 Å². The van der Waals surface area contributed by atoms with Crippen molar-refractivity contribution in [3.63, 3.8) is 0 Å². The van der Waals surface area contributed by atoms with Crippen LogP contribution in [0.1, 0.15) is 19.3 Å². The molecule has 0 fully saturated rings. The first-order valence-corrected chi connectivity index (χ1v) is 4.77. The quantitative estimate of drug-likeness (QED) is 0.512. The summed E-state index contributed by atoms with van der Waals surface area (Å²) in [5.74, 6) is -0.539. The third kappa shape index (κ3) is 4.03. The molecule has 0 heterocycles. The van der Waals surface area contributed by atoms with Gasteiger partial charge in [-0.2, -0.15) is 0 Å². The topological polar surface area (TPSA) is 35.9 Å². The first kappa shape index (κ1) is 10.7. The molecule has 0 saturated heterocycles. The Morgan fingerprint density at radius 3 is 3.14 bits per heavy atom. The molecular weight excluding hydrogens is 179 g/mol. The van der Waals surface area contributed by atoms with Gasteiger partial charge in [-0.3, -0.25) is 0 Å². The Labute approximate surface area is 83.7 Å². The summed E-state index contributed by atoms with van der Waals surface area (Å²) in [5, 5.41) is 9.44. The van der Waals surface area contributed by atoms with Gasteiger partial charge in [-0.25, -0.2) is 4.39 Å². The van der Waals surface area contributed by atoms with E-state index in [1.807, 2.05) is 0 Å². The number of nitrogens with one attached hydrogen (secondary N) is 2. The van der Waals surface area contributed by atoms with Crippen molar-refractivity contribution in [1.29, 1.82) is 5.41 Å². The summed E-state index contributed by atoms with van der Waals surface area (Å²) in [6.07, 6.45) is 11.4. The van der Waals surface area contributed by atoms with Crippen LogP contribution in [0.25, 0.3) is 0 Å². The number of hydrogen-bond acceptors (Lipinski definition) is 2. The fourth-order valence-corrected chi connectivity index (χ4v) is 1.30. The van der Waals surface area contributed by atoms with E-state index in [-0.39, 0.29) is 0 Å². The highest BCUT2D eigenvalue weighted by Crippen LogP contribution is 2.14. The van der Waals surface area contributed by atoms with Gasteiger partial charge >= 0.3 is 0 Å². The SMILES string of the molecule is N=C/C(F)=C/NCCC1=CC=CCC1. The summed E-state index contributed by atoms with van der Waals surface area (Å²) in [4.78, 5) is 0. The van der Waals surface area contributed by atoms with Gasteiger partial charge in [-0.05, 0) is 19.3 Å². The number of rotatable bonds is 5. The van der Waals surface area contributed by atoms with Crippen molar-refractivity contribution < 1.29 is 4.39 Å². The van der Waals surface area contributed by atoms with Crippen LogP contribution < -0.4 is 5.32 Å². The van der Waals surface area contributed by atoms with Crippen LogP contribution in [0.2, 0.25) is 0 Å². The second-order valence-corrected chi connectivity index (χ2v) is 3.17. The van der Waals surface area contributed by atoms with Crippen molar-refractivity contribution in [2.24, 2.45) is 0 Å². The molecule has 0 radical (unpaired) electrons. The molecule has 1 aliphatic rings. The van der Waals surface area contributed by atoms with Crippen molar-refractivity contribution in [3.8, 4) is 0 Å². The maximum Gasteiger partial charge on any atom is 0.156 e. The van der Waals surface area contributed by atoms with Crippen molar-refractivity contribution in [2.45, 2.75) is 19.3 Å². The van der Waals surface area contributed by atoms with Gasteiger partial charge in [0.2, 0.25) is 0 Å². The Balaban J connectivity index is 2.18. The number of allylic oxidation sites excluding steroid dienone is 4. The largest absolute Gasteiger partial charge is 0.388 e. The van der Waals surface area contributed by atoms with Crippen molar-refractivity contribution in [1.82, 2.24) is 5.32 Å². The smallest absolute Gasteiger partial charge is 0.156 e. The molecule has 0 aromatic heterocycles. The lowest BCUT2D eigenvalue weighted by molar-refractivity contribution is 0.665. The fraction of sp³-hybridized carbons (Fsp3) is 0.364. The molecule has 0 spiro atoms. The van der Waals surface area contributed by atoms with E-state index in [2.05, 4.69) is 23.5 Å². The highest BCUT2D eigenvalue weighted by molar-refractivity contribution is 5.72. The van der Waals surface area contributed by atoms with Crippen LogP contribution in [0, 0.1) is 5.41 Å². The molecule has 0 aromatic carbocycles. The summed E-state index contributed by atoms with van der Waals surface area (Å²) in [6.45, 7) is 0.723. The summed E-state index contributed by atoms with van der Waals surface area (Å²) in [6, 6.07) is 0. The van der Waals surface area contributed by atoms with Gasteiger partial charge in [0.05, 0.1) is 6.21 Å². The van der Waals surface area contributed by atoms with Crippen LogP contribution in [0.15, 0.2) is 35.8 Å². The van der Waals surface area contributed by atoms with E-state index in [4.69, 9.17) is 5.41 Å². The lowest BCUT2D eigenvalue weighted by Gasteiger charge is -2.08. The zero-order valence-corrected chi connectivity index (χ0v) is 8.09. The molecule has 0 aliphatic heterocycles. The van der Waals surface area contributed by atoms with E-state index in [1.165, 1.54) is 11.8 Å². The summed E-state index contributed by atoms with van der Waals surface area (Å²) in [7, 11) is 0. The van der Waals surface area contributed by atoms with Gasteiger partial charge in [-0.15, -0.1) is 0 Å². The van der Waals surface area contributed by atoms with Crippen molar-refractivity contribution >= 4 is 6.21 Å². The molecule has 1 aliphatic carbocycles. The monoisotopic (exact) mass is 194 g/mol. The molecule has 0 saturated carbocycles. The fourth-order valence-electron chi connectivity index (χ4n) is 1.30. The second kappa shape index (κ2) is 6.13. The van der Waals surface area contributed by atoms with E-state index in [1.54, 1.807) is 0 Å². The maximum atomic E-state index is 12.4. The zero-order chi connectivity index (χ0) is 10.2. The first-order valence-electron chi connectivity index (χ1n) is 4.77. The lowest BCUT2D eigenvalue weighted by atomic mass is 10.0. The highest BCUT2D eigenvalue weighted by Gasteiger charge is 1.98. The molecule has 0 amide bonds. The molecular formula is C11H15FN2. The van der Waals surface area contributed by atoms with Gasteiger partial charge in [0.1, 0.15) is 0 Å².